The van der Waals surface area contributed by atoms with E-state index in [1.54, 1.807) is 18.2 Å². The predicted octanol–water partition coefficient (Wildman–Crippen LogP) is 1.09. The van der Waals surface area contributed by atoms with E-state index in [0.29, 0.717) is 28.6 Å². The second kappa shape index (κ2) is 3.06. The summed E-state index contributed by atoms with van der Waals surface area (Å²) in [6.45, 7) is 0.148. The third kappa shape index (κ3) is 1.16. The maximum atomic E-state index is 9.81. The van der Waals surface area contributed by atoms with Crippen molar-refractivity contribution in [1.29, 1.82) is 0 Å². The minimum absolute atomic E-state index is 0.0906. The third-order valence-corrected chi connectivity index (χ3v) is 2.38. The molecule has 6 heteroatoms. The van der Waals surface area contributed by atoms with Crippen LogP contribution in [0.4, 0.5) is 5.82 Å². The fourth-order valence-electron chi connectivity index (χ4n) is 1.69. The minimum Gasteiger partial charge on any atom is -0.507 e. The molecule has 1 aromatic carbocycles. The van der Waals surface area contributed by atoms with Gasteiger partial charge in [0.15, 0.2) is 11.5 Å². The van der Waals surface area contributed by atoms with Crippen molar-refractivity contribution in [2.45, 2.75) is 0 Å². The van der Waals surface area contributed by atoms with Crippen LogP contribution >= 0.6 is 0 Å². The predicted molar refractivity (Wildman–Crippen MR) is 56.2 cm³/mol. The number of ether oxygens (including phenoxy) is 2. The van der Waals surface area contributed by atoms with Crippen molar-refractivity contribution in [2.24, 2.45) is 0 Å². The Labute approximate surface area is 90.6 Å². The second-order valence-electron chi connectivity index (χ2n) is 3.40. The SMILES string of the molecule is Nc1cc(-c2c(O)ccc3c2OCO3)[nH]n1. The van der Waals surface area contributed by atoms with Crippen LogP contribution in [0.25, 0.3) is 11.3 Å². The Bertz CT molecular complexity index is 550. The molecule has 6 nitrogen and oxygen atoms in total. The molecule has 0 saturated heterocycles. The Morgan fingerprint density at radius 1 is 1.38 bits per heavy atom. The molecule has 0 atom stereocenters. The monoisotopic (exact) mass is 219 g/mol. The average molecular weight is 219 g/mol. The van der Waals surface area contributed by atoms with Crippen LogP contribution in [0.5, 0.6) is 17.2 Å². The maximum absolute atomic E-state index is 9.81. The Kier molecular flexibility index (Phi) is 1.70. The Hall–Kier alpha value is -2.37. The fraction of sp³-hybridized carbons (Fsp3) is 0.100. The van der Waals surface area contributed by atoms with Gasteiger partial charge in [-0.15, -0.1) is 0 Å². The summed E-state index contributed by atoms with van der Waals surface area (Å²) in [4.78, 5) is 0. The molecular formula is C10H9N3O3. The molecule has 16 heavy (non-hydrogen) atoms. The first-order valence-corrected chi connectivity index (χ1v) is 4.68. The molecule has 0 aliphatic carbocycles. The van der Waals surface area contributed by atoms with Crippen LogP contribution in [-0.2, 0) is 0 Å². The molecule has 4 N–H and O–H groups in total. The Balaban J connectivity index is 2.23. The van der Waals surface area contributed by atoms with E-state index >= 15 is 0 Å². The molecule has 0 amide bonds. The number of aromatic nitrogens is 2. The Morgan fingerprint density at radius 3 is 3.00 bits per heavy atom. The summed E-state index contributed by atoms with van der Waals surface area (Å²) in [6, 6.07) is 4.82. The van der Waals surface area contributed by atoms with Gasteiger partial charge in [0, 0.05) is 6.07 Å². The normalized spacial score (nSPS) is 13.0. The quantitative estimate of drug-likeness (QED) is 0.667. The van der Waals surface area contributed by atoms with Gasteiger partial charge in [0.25, 0.3) is 0 Å². The standard InChI is InChI=1S/C10H9N3O3/c11-8-3-5(12-13-8)9-6(14)1-2-7-10(9)16-4-15-7/h1-3,14H,4H2,(H3,11,12,13). The molecule has 0 saturated carbocycles. The van der Waals surface area contributed by atoms with Crippen molar-refractivity contribution >= 4 is 5.82 Å². The van der Waals surface area contributed by atoms with Crippen molar-refractivity contribution in [3.05, 3.63) is 18.2 Å². The molecule has 2 aromatic rings. The third-order valence-electron chi connectivity index (χ3n) is 2.38. The minimum atomic E-state index is 0.0906. The first-order chi connectivity index (χ1) is 7.75. The zero-order valence-corrected chi connectivity index (χ0v) is 8.23. The fourth-order valence-corrected chi connectivity index (χ4v) is 1.69. The van der Waals surface area contributed by atoms with Crippen LogP contribution in [0, 0.1) is 0 Å². The summed E-state index contributed by atoms with van der Waals surface area (Å²) in [6.07, 6.45) is 0. The highest BCUT2D eigenvalue weighted by Crippen LogP contribution is 2.45. The second-order valence-corrected chi connectivity index (χ2v) is 3.40. The number of anilines is 1. The molecule has 0 spiro atoms. The molecule has 2 heterocycles. The lowest BCUT2D eigenvalue weighted by molar-refractivity contribution is 0.174. The van der Waals surface area contributed by atoms with Crippen LogP contribution in [-0.4, -0.2) is 22.1 Å². The molecular weight excluding hydrogens is 210 g/mol. The van der Waals surface area contributed by atoms with Gasteiger partial charge in [-0.05, 0) is 12.1 Å². The van der Waals surface area contributed by atoms with E-state index in [1.807, 2.05) is 0 Å². The van der Waals surface area contributed by atoms with Gasteiger partial charge < -0.3 is 20.3 Å². The van der Waals surface area contributed by atoms with Gasteiger partial charge in [-0.3, -0.25) is 5.10 Å². The summed E-state index contributed by atoms with van der Waals surface area (Å²) >= 11 is 0. The summed E-state index contributed by atoms with van der Waals surface area (Å²) in [5.74, 6) is 1.54. The lowest BCUT2D eigenvalue weighted by atomic mass is 10.1. The molecule has 0 bridgehead atoms. The highest BCUT2D eigenvalue weighted by atomic mass is 16.7. The van der Waals surface area contributed by atoms with Crippen LogP contribution in [0.15, 0.2) is 18.2 Å². The van der Waals surface area contributed by atoms with Crippen LogP contribution in [0.2, 0.25) is 0 Å². The number of H-pyrrole nitrogens is 1. The van der Waals surface area contributed by atoms with E-state index in [9.17, 15) is 5.11 Å². The number of hydrogen-bond acceptors (Lipinski definition) is 5. The number of rotatable bonds is 1. The van der Waals surface area contributed by atoms with Crippen molar-refractivity contribution in [1.82, 2.24) is 10.2 Å². The van der Waals surface area contributed by atoms with Crippen molar-refractivity contribution in [2.75, 3.05) is 12.5 Å². The van der Waals surface area contributed by atoms with E-state index < -0.39 is 0 Å². The molecule has 1 aliphatic rings. The topological polar surface area (TPSA) is 93.4 Å². The largest absolute Gasteiger partial charge is 0.507 e. The maximum Gasteiger partial charge on any atom is 0.231 e. The van der Waals surface area contributed by atoms with Crippen LogP contribution in [0.1, 0.15) is 0 Å². The van der Waals surface area contributed by atoms with Crippen molar-refractivity contribution in [3.63, 3.8) is 0 Å². The van der Waals surface area contributed by atoms with E-state index in [4.69, 9.17) is 15.2 Å². The molecule has 82 valence electrons. The van der Waals surface area contributed by atoms with Gasteiger partial charge in [0.1, 0.15) is 11.6 Å². The van der Waals surface area contributed by atoms with Gasteiger partial charge in [-0.2, -0.15) is 5.10 Å². The number of benzene rings is 1. The van der Waals surface area contributed by atoms with Gasteiger partial charge in [-0.1, -0.05) is 0 Å². The van der Waals surface area contributed by atoms with Crippen molar-refractivity contribution < 1.29 is 14.6 Å². The summed E-state index contributed by atoms with van der Waals surface area (Å²) in [7, 11) is 0. The van der Waals surface area contributed by atoms with Gasteiger partial charge >= 0.3 is 0 Å². The van der Waals surface area contributed by atoms with E-state index in [-0.39, 0.29) is 12.5 Å². The number of nitrogens with two attached hydrogens (primary N) is 1. The van der Waals surface area contributed by atoms with Gasteiger partial charge in [0.2, 0.25) is 6.79 Å². The number of nitrogens with zero attached hydrogens (tertiary/aromatic N) is 1. The lowest BCUT2D eigenvalue weighted by Crippen LogP contribution is -1.93. The summed E-state index contributed by atoms with van der Waals surface area (Å²) in [5.41, 5.74) is 6.62. The van der Waals surface area contributed by atoms with Gasteiger partial charge in [-0.25, -0.2) is 0 Å². The number of phenolic OH excluding ortho intramolecular Hbond substituents is 1. The highest BCUT2D eigenvalue weighted by molar-refractivity contribution is 5.78. The molecule has 0 fully saturated rings. The summed E-state index contributed by atoms with van der Waals surface area (Å²) in [5, 5.41) is 16.3. The number of nitrogen functional groups attached to an aromatic ring is 1. The van der Waals surface area contributed by atoms with E-state index in [2.05, 4.69) is 10.2 Å². The number of nitrogens with one attached hydrogen (secondary N) is 1. The molecule has 1 aliphatic heterocycles. The zero-order chi connectivity index (χ0) is 11.1. The molecule has 3 rings (SSSR count). The number of aromatic hydroxyl groups is 1. The number of phenols is 1. The smallest absolute Gasteiger partial charge is 0.231 e. The van der Waals surface area contributed by atoms with Crippen LogP contribution in [0.3, 0.4) is 0 Å². The van der Waals surface area contributed by atoms with E-state index in [1.165, 1.54) is 0 Å². The van der Waals surface area contributed by atoms with Gasteiger partial charge in [0.05, 0.1) is 11.3 Å². The van der Waals surface area contributed by atoms with Crippen LogP contribution < -0.4 is 15.2 Å². The summed E-state index contributed by atoms with van der Waals surface area (Å²) < 4.78 is 10.5. The number of fused-ring (bicyclic) bond motifs is 1. The average Bonchev–Trinajstić information content (AvgIpc) is 2.86. The van der Waals surface area contributed by atoms with E-state index in [0.717, 1.165) is 0 Å². The molecule has 0 radical (unpaired) electrons. The Morgan fingerprint density at radius 2 is 2.25 bits per heavy atom. The number of aromatic amines is 1. The molecule has 1 aromatic heterocycles. The first kappa shape index (κ1) is 8.90. The highest BCUT2D eigenvalue weighted by Gasteiger charge is 2.23. The lowest BCUT2D eigenvalue weighted by Gasteiger charge is -2.05. The number of hydrogen-bond donors (Lipinski definition) is 3. The zero-order valence-electron chi connectivity index (χ0n) is 8.23. The first-order valence-electron chi connectivity index (χ1n) is 4.68. The van der Waals surface area contributed by atoms with Crippen molar-refractivity contribution in [3.8, 4) is 28.5 Å². The molecule has 0 unspecified atom stereocenters.